The van der Waals surface area contributed by atoms with Gasteiger partial charge < -0.3 is 16.4 Å². The molecule has 3 atom stereocenters. The molecule has 102 valence electrons. The van der Waals surface area contributed by atoms with Crippen molar-refractivity contribution in [1.29, 1.82) is 0 Å². The molecule has 18 heavy (non-hydrogen) atoms. The second kappa shape index (κ2) is 5.26. The van der Waals surface area contributed by atoms with Gasteiger partial charge in [-0.05, 0) is 18.8 Å². The van der Waals surface area contributed by atoms with Gasteiger partial charge in [-0.2, -0.15) is 0 Å². The van der Waals surface area contributed by atoms with Crippen LogP contribution in [0.1, 0.15) is 39.0 Å². The van der Waals surface area contributed by atoms with E-state index in [1.54, 1.807) is 0 Å². The number of carbonyl (C=O) groups is 2. The summed E-state index contributed by atoms with van der Waals surface area (Å²) in [4.78, 5) is 23.4. The van der Waals surface area contributed by atoms with E-state index in [1.807, 2.05) is 0 Å². The van der Waals surface area contributed by atoms with Gasteiger partial charge in [0.25, 0.3) is 0 Å². The van der Waals surface area contributed by atoms with Crippen LogP contribution in [0.25, 0.3) is 0 Å². The molecule has 0 bridgehead atoms. The zero-order valence-electron chi connectivity index (χ0n) is 11.0. The Kier molecular flexibility index (Phi) is 3.90. The number of amides is 2. The molecule has 0 radical (unpaired) electrons. The Labute approximate surface area is 108 Å². The molecule has 2 fully saturated rings. The highest BCUT2D eigenvalue weighted by Gasteiger charge is 2.40. The van der Waals surface area contributed by atoms with Crippen molar-refractivity contribution in [2.24, 2.45) is 17.6 Å². The molecular formula is C13H23N3O2. The summed E-state index contributed by atoms with van der Waals surface area (Å²) in [5.74, 6) is 0.126. The van der Waals surface area contributed by atoms with Gasteiger partial charge in [0.15, 0.2) is 0 Å². The maximum absolute atomic E-state index is 12.2. The molecule has 1 saturated carbocycles. The van der Waals surface area contributed by atoms with Crippen LogP contribution in [-0.2, 0) is 9.59 Å². The third-order valence-electron chi connectivity index (χ3n) is 4.54. The predicted octanol–water partition coefficient (Wildman–Crippen LogP) is 0.146. The monoisotopic (exact) mass is 253 g/mol. The minimum atomic E-state index is -0.263. The summed E-state index contributed by atoms with van der Waals surface area (Å²) in [5.41, 5.74) is 5.64. The molecule has 0 aromatic carbocycles. The van der Waals surface area contributed by atoms with Gasteiger partial charge in [-0.25, -0.2) is 0 Å². The number of rotatable bonds is 3. The van der Waals surface area contributed by atoms with Gasteiger partial charge in [-0.15, -0.1) is 0 Å². The minimum Gasteiger partial charge on any atom is -0.355 e. The van der Waals surface area contributed by atoms with Gasteiger partial charge >= 0.3 is 0 Å². The van der Waals surface area contributed by atoms with Gasteiger partial charge in [0.2, 0.25) is 11.8 Å². The summed E-state index contributed by atoms with van der Waals surface area (Å²) in [6, 6.07) is 0. The first-order chi connectivity index (χ1) is 8.57. The highest BCUT2D eigenvalue weighted by atomic mass is 16.2. The molecule has 1 saturated heterocycles. The molecule has 0 aromatic rings. The number of nitrogens with one attached hydrogen (secondary N) is 2. The fraction of sp³-hybridized carbons (Fsp3) is 0.846. The summed E-state index contributed by atoms with van der Waals surface area (Å²) < 4.78 is 0. The van der Waals surface area contributed by atoms with Crippen molar-refractivity contribution in [3.63, 3.8) is 0 Å². The summed E-state index contributed by atoms with van der Waals surface area (Å²) in [6.07, 6.45) is 4.69. The molecule has 0 aromatic heterocycles. The topological polar surface area (TPSA) is 84.2 Å². The van der Waals surface area contributed by atoms with E-state index in [9.17, 15) is 9.59 Å². The molecule has 5 heteroatoms. The lowest BCUT2D eigenvalue weighted by molar-refractivity contribution is -0.129. The number of nitrogens with two attached hydrogens (primary N) is 1. The van der Waals surface area contributed by atoms with Crippen LogP contribution in [-0.4, -0.2) is 30.4 Å². The number of hydrogen-bond donors (Lipinski definition) is 3. The Hall–Kier alpha value is -1.10. The van der Waals surface area contributed by atoms with E-state index in [0.717, 1.165) is 19.3 Å². The quantitative estimate of drug-likeness (QED) is 0.669. The van der Waals surface area contributed by atoms with Crippen LogP contribution in [0, 0.1) is 11.8 Å². The summed E-state index contributed by atoms with van der Waals surface area (Å²) >= 11 is 0. The Bertz CT molecular complexity index is 345. The second-order valence-electron chi connectivity index (χ2n) is 5.70. The molecule has 1 aliphatic carbocycles. The Morgan fingerprint density at radius 2 is 2.33 bits per heavy atom. The molecule has 0 spiro atoms. The van der Waals surface area contributed by atoms with Gasteiger partial charge in [0.05, 0.1) is 11.5 Å². The lowest BCUT2D eigenvalue weighted by atomic mass is 9.73. The van der Waals surface area contributed by atoms with Crippen molar-refractivity contribution in [3.05, 3.63) is 0 Å². The van der Waals surface area contributed by atoms with Crippen molar-refractivity contribution >= 4 is 11.8 Å². The highest BCUT2D eigenvalue weighted by Crippen LogP contribution is 2.33. The maximum atomic E-state index is 12.2. The van der Waals surface area contributed by atoms with Crippen molar-refractivity contribution in [2.45, 2.75) is 44.6 Å². The maximum Gasteiger partial charge on any atom is 0.225 e. The first kappa shape index (κ1) is 13.3. The highest BCUT2D eigenvalue weighted by molar-refractivity contribution is 5.89. The van der Waals surface area contributed by atoms with Crippen molar-refractivity contribution in [1.82, 2.24) is 10.6 Å². The lowest BCUT2D eigenvalue weighted by Gasteiger charge is -2.43. The Balaban J connectivity index is 2.01. The molecule has 2 rings (SSSR count). The van der Waals surface area contributed by atoms with E-state index in [-0.39, 0.29) is 23.3 Å². The molecule has 2 aliphatic rings. The fourth-order valence-corrected chi connectivity index (χ4v) is 3.09. The van der Waals surface area contributed by atoms with Crippen LogP contribution >= 0.6 is 0 Å². The van der Waals surface area contributed by atoms with Gasteiger partial charge in [0.1, 0.15) is 0 Å². The molecule has 1 aliphatic heterocycles. The summed E-state index contributed by atoms with van der Waals surface area (Å²) in [6.45, 7) is 3.10. The van der Waals surface area contributed by atoms with Crippen LogP contribution < -0.4 is 16.4 Å². The van der Waals surface area contributed by atoms with Crippen LogP contribution in [0.5, 0.6) is 0 Å². The standard InChI is InChI=1S/C13H23N3O2/c1-9-4-2-3-5-13(9,8-14)16-12(18)10-6-11(17)15-7-10/h9-10H,2-8,14H2,1H3,(H,15,17)(H,16,18). The minimum absolute atomic E-state index is 0.0208. The third-order valence-corrected chi connectivity index (χ3v) is 4.54. The SMILES string of the molecule is CC1CCCCC1(CN)NC(=O)C1CNC(=O)C1. The zero-order valence-corrected chi connectivity index (χ0v) is 11.0. The first-order valence-electron chi connectivity index (χ1n) is 6.86. The summed E-state index contributed by atoms with van der Waals surface area (Å²) in [7, 11) is 0. The molecular weight excluding hydrogens is 230 g/mol. The molecule has 3 unspecified atom stereocenters. The van der Waals surface area contributed by atoms with E-state index >= 15 is 0 Å². The van der Waals surface area contributed by atoms with E-state index < -0.39 is 0 Å². The number of carbonyl (C=O) groups excluding carboxylic acids is 2. The largest absolute Gasteiger partial charge is 0.355 e. The molecule has 2 amide bonds. The lowest BCUT2D eigenvalue weighted by Crippen LogP contribution is -2.60. The van der Waals surface area contributed by atoms with E-state index in [1.165, 1.54) is 6.42 Å². The summed E-state index contributed by atoms with van der Waals surface area (Å²) in [5, 5.41) is 5.84. The van der Waals surface area contributed by atoms with Crippen LogP contribution in [0.3, 0.4) is 0 Å². The molecule has 1 heterocycles. The molecule has 5 nitrogen and oxygen atoms in total. The van der Waals surface area contributed by atoms with Crippen LogP contribution in [0.15, 0.2) is 0 Å². The van der Waals surface area contributed by atoms with Crippen molar-refractivity contribution < 1.29 is 9.59 Å². The third kappa shape index (κ3) is 2.51. The van der Waals surface area contributed by atoms with E-state index in [2.05, 4.69) is 17.6 Å². The van der Waals surface area contributed by atoms with Crippen LogP contribution in [0.2, 0.25) is 0 Å². The Morgan fingerprint density at radius 1 is 1.56 bits per heavy atom. The normalized spacial score (nSPS) is 36.2. The van der Waals surface area contributed by atoms with Crippen LogP contribution in [0.4, 0.5) is 0 Å². The average Bonchev–Trinajstić information content (AvgIpc) is 2.79. The van der Waals surface area contributed by atoms with E-state index in [4.69, 9.17) is 5.73 Å². The van der Waals surface area contributed by atoms with Crippen molar-refractivity contribution in [3.8, 4) is 0 Å². The van der Waals surface area contributed by atoms with Gasteiger partial charge in [-0.3, -0.25) is 9.59 Å². The number of hydrogen-bond acceptors (Lipinski definition) is 3. The van der Waals surface area contributed by atoms with E-state index in [0.29, 0.717) is 25.4 Å². The fourth-order valence-electron chi connectivity index (χ4n) is 3.09. The van der Waals surface area contributed by atoms with Gasteiger partial charge in [0, 0.05) is 19.5 Å². The smallest absolute Gasteiger partial charge is 0.225 e. The Morgan fingerprint density at radius 3 is 2.89 bits per heavy atom. The zero-order chi connectivity index (χ0) is 13.2. The van der Waals surface area contributed by atoms with Gasteiger partial charge in [-0.1, -0.05) is 19.8 Å². The molecule has 4 N–H and O–H groups in total. The average molecular weight is 253 g/mol. The predicted molar refractivity (Wildman–Crippen MR) is 68.7 cm³/mol. The first-order valence-corrected chi connectivity index (χ1v) is 6.86. The second-order valence-corrected chi connectivity index (χ2v) is 5.70. The van der Waals surface area contributed by atoms with Crippen molar-refractivity contribution in [2.75, 3.05) is 13.1 Å².